The van der Waals surface area contributed by atoms with Crippen LogP contribution in [0.15, 0.2) is 48.5 Å². The van der Waals surface area contributed by atoms with Crippen LogP contribution in [0.25, 0.3) is 6.08 Å². The van der Waals surface area contributed by atoms with E-state index in [9.17, 15) is 4.79 Å². The standard InChI is InChI=1S/C18H15IO2/c19-16-7-3-13(4-8-16)5-9-17(20)14-6-10-18-15(12-14)2-1-11-21-18/h3-10,12H,1-2,11H2/b9-5+. The summed E-state index contributed by atoms with van der Waals surface area (Å²) in [5, 5.41) is 0. The van der Waals surface area contributed by atoms with Crippen LogP contribution in [0, 0.1) is 3.57 Å². The normalized spacial score (nSPS) is 13.8. The maximum Gasteiger partial charge on any atom is 0.185 e. The summed E-state index contributed by atoms with van der Waals surface area (Å²) in [4.78, 5) is 12.2. The predicted octanol–water partition coefficient (Wildman–Crippen LogP) is 4.51. The van der Waals surface area contributed by atoms with Gasteiger partial charge in [-0.05, 0) is 83.0 Å². The average Bonchev–Trinajstić information content (AvgIpc) is 2.53. The van der Waals surface area contributed by atoms with Crippen molar-refractivity contribution in [2.24, 2.45) is 0 Å². The Kier molecular flexibility index (Phi) is 4.39. The highest BCUT2D eigenvalue weighted by atomic mass is 127. The lowest BCUT2D eigenvalue weighted by Gasteiger charge is -2.17. The van der Waals surface area contributed by atoms with E-state index < -0.39 is 0 Å². The molecule has 2 aromatic rings. The van der Waals surface area contributed by atoms with E-state index in [1.165, 1.54) is 3.57 Å². The Bertz CT molecular complexity index is 687. The number of benzene rings is 2. The smallest absolute Gasteiger partial charge is 0.185 e. The summed E-state index contributed by atoms with van der Waals surface area (Å²) in [6.45, 7) is 0.771. The minimum Gasteiger partial charge on any atom is -0.493 e. The highest BCUT2D eigenvalue weighted by Crippen LogP contribution is 2.25. The summed E-state index contributed by atoms with van der Waals surface area (Å²) in [5.41, 5.74) is 2.89. The molecule has 3 heteroatoms. The average molecular weight is 390 g/mol. The molecule has 0 aromatic heterocycles. The van der Waals surface area contributed by atoms with Gasteiger partial charge in [-0.1, -0.05) is 18.2 Å². The van der Waals surface area contributed by atoms with Crippen LogP contribution in [0.1, 0.15) is 27.9 Å². The van der Waals surface area contributed by atoms with Crippen LogP contribution in [0.3, 0.4) is 0 Å². The molecule has 0 unspecified atom stereocenters. The molecule has 106 valence electrons. The first-order valence-corrected chi connectivity index (χ1v) is 8.04. The van der Waals surface area contributed by atoms with Gasteiger partial charge in [-0.3, -0.25) is 4.79 Å². The Labute approximate surface area is 138 Å². The van der Waals surface area contributed by atoms with Crippen LogP contribution in [-0.4, -0.2) is 12.4 Å². The number of carbonyl (C=O) groups excluding carboxylic acids is 1. The predicted molar refractivity (Wildman–Crippen MR) is 92.8 cm³/mol. The molecule has 0 saturated heterocycles. The number of hydrogen-bond donors (Lipinski definition) is 0. The fourth-order valence-electron chi connectivity index (χ4n) is 2.36. The van der Waals surface area contributed by atoms with Crippen LogP contribution in [-0.2, 0) is 6.42 Å². The molecule has 1 aliphatic heterocycles. The fourth-order valence-corrected chi connectivity index (χ4v) is 2.72. The Morgan fingerprint density at radius 2 is 1.95 bits per heavy atom. The van der Waals surface area contributed by atoms with Gasteiger partial charge in [0.05, 0.1) is 6.61 Å². The van der Waals surface area contributed by atoms with E-state index in [0.717, 1.165) is 41.9 Å². The quantitative estimate of drug-likeness (QED) is 0.438. The lowest BCUT2D eigenvalue weighted by molar-refractivity contribution is 0.104. The third kappa shape index (κ3) is 3.53. The van der Waals surface area contributed by atoms with E-state index >= 15 is 0 Å². The van der Waals surface area contributed by atoms with Crippen molar-refractivity contribution >= 4 is 34.5 Å². The van der Waals surface area contributed by atoms with Crippen LogP contribution < -0.4 is 4.74 Å². The van der Waals surface area contributed by atoms with Crippen molar-refractivity contribution in [3.63, 3.8) is 0 Å². The van der Waals surface area contributed by atoms with Gasteiger partial charge < -0.3 is 4.74 Å². The molecule has 0 N–H and O–H groups in total. The van der Waals surface area contributed by atoms with Crippen molar-refractivity contribution in [3.05, 3.63) is 68.8 Å². The molecule has 3 rings (SSSR count). The van der Waals surface area contributed by atoms with E-state index in [2.05, 4.69) is 22.6 Å². The van der Waals surface area contributed by atoms with E-state index in [0.29, 0.717) is 0 Å². The minimum atomic E-state index is 0.0296. The Morgan fingerprint density at radius 1 is 1.14 bits per heavy atom. The van der Waals surface area contributed by atoms with Crippen molar-refractivity contribution in [2.75, 3.05) is 6.61 Å². The van der Waals surface area contributed by atoms with Gasteiger partial charge in [-0.2, -0.15) is 0 Å². The Balaban J connectivity index is 1.77. The van der Waals surface area contributed by atoms with Crippen LogP contribution in [0.4, 0.5) is 0 Å². The lowest BCUT2D eigenvalue weighted by Crippen LogP contribution is -2.09. The molecule has 0 fully saturated rings. The van der Waals surface area contributed by atoms with Crippen LogP contribution in [0.5, 0.6) is 5.75 Å². The largest absolute Gasteiger partial charge is 0.493 e. The second kappa shape index (κ2) is 6.43. The molecule has 0 radical (unpaired) electrons. The first kappa shape index (κ1) is 14.3. The molecule has 0 atom stereocenters. The monoisotopic (exact) mass is 390 g/mol. The Hall–Kier alpha value is -1.62. The number of hydrogen-bond acceptors (Lipinski definition) is 2. The summed E-state index contributed by atoms with van der Waals surface area (Å²) in [6, 6.07) is 13.8. The number of carbonyl (C=O) groups is 1. The molecular weight excluding hydrogens is 375 g/mol. The number of fused-ring (bicyclic) bond motifs is 1. The SMILES string of the molecule is O=C(/C=C/c1ccc(I)cc1)c1ccc2c(c1)CCCO2. The van der Waals surface area contributed by atoms with Gasteiger partial charge in [0.1, 0.15) is 5.75 Å². The number of ketones is 1. The third-order valence-electron chi connectivity index (χ3n) is 3.49. The van der Waals surface area contributed by atoms with Crippen molar-refractivity contribution in [3.8, 4) is 5.75 Å². The van der Waals surface area contributed by atoms with Crippen LogP contribution >= 0.6 is 22.6 Å². The van der Waals surface area contributed by atoms with Crippen molar-refractivity contribution in [1.82, 2.24) is 0 Å². The van der Waals surface area contributed by atoms with Gasteiger partial charge in [-0.25, -0.2) is 0 Å². The molecule has 0 spiro atoms. The molecule has 2 nitrogen and oxygen atoms in total. The number of rotatable bonds is 3. The van der Waals surface area contributed by atoms with Gasteiger partial charge in [0.15, 0.2) is 5.78 Å². The minimum absolute atomic E-state index is 0.0296. The topological polar surface area (TPSA) is 26.3 Å². The highest BCUT2D eigenvalue weighted by molar-refractivity contribution is 14.1. The number of aryl methyl sites for hydroxylation is 1. The Morgan fingerprint density at radius 3 is 2.76 bits per heavy atom. The molecule has 1 heterocycles. The maximum atomic E-state index is 12.2. The van der Waals surface area contributed by atoms with Gasteiger partial charge >= 0.3 is 0 Å². The molecule has 1 aliphatic rings. The van der Waals surface area contributed by atoms with E-state index in [-0.39, 0.29) is 5.78 Å². The summed E-state index contributed by atoms with van der Waals surface area (Å²) in [6.07, 6.45) is 5.49. The van der Waals surface area contributed by atoms with Crippen molar-refractivity contribution < 1.29 is 9.53 Å². The summed E-state index contributed by atoms with van der Waals surface area (Å²) in [7, 11) is 0. The molecule has 0 aliphatic carbocycles. The van der Waals surface area contributed by atoms with Gasteiger partial charge in [0, 0.05) is 9.13 Å². The second-order valence-corrected chi connectivity index (χ2v) is 6.27. The van der Waals surface area contributed by atoms with Gasteiger partial charge in [-0.15, -0.1) is 0 Å². The molecule has 0 amide bonds. The summed E-state index contributed by atoms with van der Waals surface area (Å²) >= 11 is 2.26. The van der Waals surface area contributed by atoms with Crippen molar-refractivity contribution in [1.29, 1.82) is 0 Å². The molecule has 2 aromatic carbocycles. The third-order valence-corrected chi connectivity index (χ3v) is 4.21. The molecule has 21 heavy (non-hydrogen) atoms. The highest BCUT2D eigenvalue weighted by Gasteiger charge is 2.12. The van der Waals surface area contributed by atoms with Gasteiger partial charge in [0.25, 0.3) is 0 Å². The van der Waals surface area contributed by atoms with E-state index in [4.69, 9.17) is 4.74 Å². The van der Waals surface area contributed by atoms with E-state index in [1.807, 2.05) is 48.5 Å². The van der Waals surface area contributed by atoms with Gasteiger partial charge in [0.2, 0.25) is 0 Å². The zero-order valence-electron chi connectivity index (χ0n) is 11.5. The van der Waals surface area contributed by atoms with Crippen molar-refractivity contribution in [2.45, 2.75) is 12.8 Å². The first-order chi connectivity index (χ1) is 10.2. The maximum absolute atomic E-state index is 12.2. The molecular formula is C18H15IO2. The number of halogens is 1. The zero-order chi connectivity index (χ0) is 14.7. The van der Waals surface area contributed by atoms with Crippen LogP contribution in [0.2, 0.25) is 0 Å². The molecule has 0 bridgehead atoms. The summed E-state index contributed by atoms with van der Waals surface area (Å²) in [5.74, 6) is 0.946. The number of allylic oxidation sites excluding steroid dienone is 1. The second-order valence-electron chi connectivity index (χ2n) is 5.02. The first-order valence-electron chi connectivity index (χ1n) is 6.96. The lowest BCUT2D eigenvalue weighted by atomic mass is 10.0. The fraction of sp³-hybridized carbons (Fsp3) is 0.167. The zero-order valence-corrected chi connectivity index (χ0v) is 13.7. The van der Waals surface area contributed by atoms with E-state index in [1.54, 1.807) is 6.08 Å². The molecule has 0 saturated carbocycles. The number of ether oxygens (including phenoxy) is 1. The summed E-state index contributed by atoms with van der Waals surface area (Å²) < 4.78 is 6.75.